The summed E-state index contributed by atoms with van der Waals surface area (Å²) in [4.78, 5) is 37.9. The van der Waals surface area contributed by atoms with E-state index in [0.717, 1.165) is 72.6 Å². The molecule has 436 valence electrons. The first-order chi connectivity index (χ1) is 35.4. The van der Waals surface area contributed by atoms with Crippen molar-refractivity contribution in [3.05, 3.63) is 182 Å². The third-order valence-electron chi connectivity index (χ3n) is 10.7. The summed E-state index contributed by atoms with van der Waals surface area (Å²) < 4.78 is 39.8. The second kappa shape index (κ2) is 42.6. The maximum atomic E-state index is 12.3. The first-order valence-electron chi connectivity index (χ1n) is 22.1. The fourth-order valence-corrected chi connectivity index (χ4v) is 7.78. The number of aromatic hydroxyl groups is 1. The van der Waals surface area contributed by atoms with Gasteiger partial charge in [-0.25, -0.2) is 34.3 Å². The molecule has 83 heavy (non-hydrogen) atoms. The number of imidazole rings is 3. The van der Waals surface area contributed by atoms with Crippen molar-refractivity contribution in [3.8, 4) is 51.0 Å². The molecule has 0 fully saturated rings. The molecule has 6 aromatic heterocycles. The largest absolute Gasteiger partial charge is 1.00 e. The number of carbonyl (C=O) groups excluding carboxylic acids is 1. The van der Waals surface area contributed by atoms with E-state index in [9.17, 15) is 13.9 Å². The van der Waals surface area contributed by atoms with Crippen molar-refractivity contribution in [2.45, 2.75) is 59.4 Å². The van der Waals surface area contributed by atoms with Gasteiger partial charge in [0.2, 0.25) is 17.3 Å². The molecule has 15 nitrogen and oxygen atoms in total. The molecule has 0 saturated heterocycles. The summed E-state index contributed by atoms with van der Waals surface area (Å²) in [6.07, 6.45) is 5.27. The van der Waals surface area contributed by atoms with Crippen molar-refractivity contribution >= 4 is 89.8 Å². The summed E-state index contributed by atoms with van der Waals surface area (Å²) in [7, 11) is 1.67. The first-order valence-corrected chi connectivity index (χ1v) is 23.3. The van der Waals surface area contributed by atoms with Crippen LogP contribution in [0.25, 0.3) is 84.2 Å². The average Bonchev–Trinajstić information content (AvgIpc) is 4.37. The van der Waals surface area contributed by atoms with Crippen LogP contribution in [0.2, 0.25) is 0 Å². The van der Waals surface area contributed by atoms with E-state index in [4.69, 9.17) is 19.5 Å². The molecule has 0 radical (unpaired) electrons. The number of ether oxygens (including phenoxy) is 2. The van der Waals surface area contributed by atoms with Crippen LogP contribution in [0.1, 0.15) is 60.8 Å². The van der Waals surface area contributed by atoms with Gasteiger partial charge in [-0.2, -0.15) is 0 Å². The van der Waals surface area contributed by atoms with E-state index in [1.54, 1.807) is 37.8 Å². The molecule has 0 aliphatic carbocycles. The molecule has 12 rings (SSSR count). The Morgan fingerprint density at radius 1 is 0.530 bits per heavy atom. The molecule has 12 aromatic rings. The van der Waals surface area contributed by atoms with Gasteiger partial charge in [-0.15, -0.1) is 17.0 Å². The zero-order chi connectivity index (χ0) is 50.2. The summed E-state index contributed by atoms with van der Waals surface area (Å²) in [6, 6.07) is 52.6. The van der Waals surface area contributed by atoms with Crippen molar-refractivity contribution in [2.24, 2.45) is 0 Å². The number of fused-ring (bicyclic) bond motifs is 9. The van der Waals surface area contributed by atoms with E-state index < -0.39 is 6.67 Å². The summed E-state index contributed by atoms with van der Waals surface area (Å²) in [5.74, 6) is 3.75. The fraction of sp³-hybridized carbons (Fsp3) is 0.210. The smallest absolute Gasteiger partial charge is 1.00 e. The number of phenols is 1. The van der Waals surface area contributed by atoms with E-state index >= 15 is 0 Å². The second-order valence-electron chi connectivity index (χ2n) is 15.1. The predicted molar refractivity (Wildman–Crippen MR) is 340 cm³/mol. The number of carbonyl (C=O) groups is 1. The maximum absolute atomic E-state index is 12.3. The van der Waals surface area contributed by atoms with E-state index in [1.165, 1.54) is 0 Å². The van der Waals surface area contributed by atoms with E-state index in [2.05, 4.69) is 67.3 Å². The van der Waals surface area contributed by atoms with Gasteiger partial charge in [0.05, 0.1) is 64.0 Å². The maximum Gasteiger partial charge on any atom is 1.00 e. The summed E-state index contributed by atoms with van der Waals surface area (Å²) in [5.41, 5.74) is 11.8. The van der Waals surface area contributed by atoms with Gasteiger partial charge in [-0.3, -0.25) is 22.4 Å². The van der Waals surface area contributed by atoms with Crippen LogP contribution in [0.5, 0.6) is 17.2 Å². The van der Waals surface area contributed by atoms with Crippen LogP contribution >= 0.6 is 32.9 Å². The number of para-hydroxylation sites is 6. The number of rotatable bonds is 9. The fourth-order valence-electron chi connectivity index (χ4n) is 7.78. The Bertz CT molecular complexity index is 3770. The number of alkyl halides is 3. The van der Waals surface area contributed by atoms with E-state index in [0.29, 0.717) is 28.4 Å². The van der Waals surface area contributed by atoms with Gasteiger partial charge < -0.3 is 26.2 Å². The number of halogens is 4. The molecule has 0 spiro atoms. The monoisotopic (exact) mass is 1320 g/mol. The SMILES string of the molecule is Br.C.C.C.C.C.C.C.C.COc1cccc(-c2ccnc3nc4ccccc4n23)c1.FCCBr.FCCOc1cccc(-c2ccnc3nc4ccccc4n23)c1.O=CO[O-].Oc1cccc(-c2ccnc3nc4ccccc4n23)c1.[H-].[K+].[K+]. The van der Waals surface area contributed by atoms with Crippen LogP contribution in [-0.2, 0) is 9.68 Å². The number of nitrogens with zero attached hydrogens (tertiary/aromatic N) is 9. The van der Waals surface area contributed by atoms with E-state index in [-0.39, 0.29) is 206 Å². The van der Waals surface area contributed by atoms with E-state index in [1.807, 2.05) is 148 Å². The van der Waals surface area contributed by atoms with Gasteiger partial charge in [0.15, 0.2) is 0 Å². The van der Waals surface area contributed by atoms with Crippen LogP contribution in [0.15, 0.2) is 182 Å². The Hall–Kier alpha value is -5.12. The molecule has 0 aliphatic rings. The Morgan fingerprint density at radius 2 is 0.867 bits per heavy atom. The van der Waals surface area contributed by atoms with Crippen molar-refractivity contribution in [3.63, 3.8) is 0 Å². The molecule has 0 saturated carbocycles. The van der Waals surface area contributed by atoms with Gasteiger partial charge in [-0.05, 0) is 91.0 Å². The zero-order valence-corrected chi connectivity index (χ0v) is 50.3. The minimum absolute atomic E-state index is 0. The van der Waals surface area contributed by atoms with Crippen LogP contribution in [-0.4, -0.2) is 87.1 Å². The van der Waals surface area contributed by atoms with Crippen molar-refractivity contribution in [1.82, 2.24) is 43.1 Å². The van der Waals surface area contributed by atoms with Crippen LogP contribution in [0.4, 0.5) is 8.78 Å². The quantitative estimate of drug-likeness (QED) is 0.0476. The molecule has 6 heterocycles. The topological polar surface area (TPSA) is 179 Å². The second-order valence-corrected chi connectivity index (χ2v) is 15.9. The molecular weight excluding hydrogens is 1240 g/mol. The third-order valence-corrected chi connectivity index (χ3v) is 11.0. The number of hydrogen-bond acceptors (Lipinski definition) is 12. The molecule has 0 aliphatic heterocycles. The Morgan fingerprint density at radius 3 is 1.20 bits per heavy atom. The van der Waals surface area contributed by atoms with Gasteiger partial charge in [0.1, 0.15) is 30.5 Å². The van der Waals surface area contributed by atoms with Crippen LogP contribution in [0.3, 0.4) is 0 Å². The molecule has 21 heteroatoms. The molecule has 6 aromatic carbocycles. The number of hydrogen-bond donors (Lipinski definition) is 1. The minimum Gasteiger partial charge on any atom is -1.00 e. The van der Waals surface area contributed by atoms with Crippen molar-refractivity contribution in [1.29, 1.82) is 0 Å². The minimum atomic E-state index is -0.504. The summed E-state index contributed by atoms with van der Waals surface area (Å²) in [5, 5.41) is 18.6. The Balaban J connectivity index is -0.000000327. The molecule has 0 unspecified atom stereocenters. The summed E-state index contributed by atoms with van der Waals surface area (Å²) >= 11 is 2.87. The van der Waals surface area contributed by atoms with Crippen LogP contribution in [0, 0.1) is 0 Å². The number of methoxy groups -OCH3 is 1. The van der Waals surface area contributed by atoms with Gasteiger partial charge in [0.25, 0.3) is 6.47 Å². The predicted octanol–water partition coefficient (Wildman–Crippen LogP) is 10.3. The molecule has 0 bridgehead atoms. The molecule has 0 amide bonds. The standard InChI is InChI=1S/C18H14FN3O.C17H13N3O.C16H11N3O.C2H4BrF.CH2O3.8CH4.BrH.2K.H/c19-9-11-23-14-5-3-4-13(12-14)16-8-10-20-18-21-15-6-1-2-7-17(15)22(16)18;1-21-13-6-4-5-12(11-13)15-9-10-18-17-19-14-7-2-3-8-16(14)20(15)17;20-12-5-3-4-11(10-12)14-8-9-17-16-18-13-6-1-2-7-15(13)19(14)16;3-1-2-4;2-1-4-3;;;;;;;;;;;;/h1-8,10,12H,9,11H2;2-11H,1H3;1-10,20H;1-2H2;1,3H;8*1H4;1H;;;/q;;;;;;;;;;;;;;2*+1;-1/p-1. The normalized spacial score (nSPS) is 9.22. The third kappa shape index (κ3) is 20.8. The molecule has 0 atom stereocenters. The zero-order valence-electron chi connectivity index (χ0n) is 41.8. The van der Waals surface area contributed by atoms with Gasteiger partial charge in [-0.1, -0.05) is 148 Å². The summed E-state index contributed by atoms with van der Waals surface area (Å²) in [6.45, 7) is -0.890. The Labute approximate surface area is 593 Å². The van der Waals surface area contributed by atoms with Crippen molar-refractivity contribution in [2.75, 3.05) is 32.4 Å². The van der Waals surface area contributed by atoms with Crippen molar-refractivity contribution < 1.29 is 142 Å². The molecule has 1 N–H and O–H groups in total. The first kappa shape index (κ1) is 84.3. The van der Waals surface area contributed by atoms with Crippen LogP contribution < -0.4 is 118 Å². The average molecular weight is 1320 g/mol. The van der Waals surface area contributed by atoms with Gasteiger partial charge >= 0.3 is 103 Å². The molecular formula is C62H77Br2F2K2N9O6. The van der Waals surface area contributed by atoms with Gasteiger partial charge in [0, 0.05) is 40.6 Å². The number of aromatic nitrogens is 9. The Kier molecular flexibility index (Phi) is 43.3. The number of benzene rings is 6. The number of phenolic OH excluding ortho intramolecular Hbond substituents is 1.